The Kier molecular flexibility index (Phi) is 4.52. The number of Topliss-reactive ketones (excluding diaryl/α,β-unsaturated/α-hetero) is 1. The molecule has 6 nitrogen and oxygen atoms in total. The van der Waals surface area contributed by atoms with Crippen LogP contribution in [-0.2, 0) is 14.3 Å². The largest absolute Gasteiger partial charge is 0.507 e. The average molecular weight is 357 g/mol. The van der Waals surface area contributed by atoms with Crippen molar-refractivity contribution in [2.75, 3.05) is 20.3 Å². The maximum atomic E-state index is 11.9. The summed E-state index contributed by atoms with van der Waals surface area (Å²) >= 11 is 3.28. The van der Waals surface area contributed by atoms with E-state index >= 15 is 0 Å². The van der Waals surface area contributed by atoms with Gasteiger partial charge in [-0.3, -0.25) is 4.79 Å². The van der Waals surface area contributed by atoms with Crippen molar-refractivity contribution in [2.24, 2.45) is 0 Å². The number of hydrogen-bond acceptors (Lipinski definition) is 6. The first-order chi connectivity index (χ1) is 9.99. The molecule has 1 aromatic carbocycles. The molecule has 0 fully saturated rings. The third kappa shape index (κ3) is 2.87. The van der Waals surface area contributed by atoms with Crippen molar-refractivity contribution < 1.29 is 28.9 Å². The molecule has 0 unspecified atom stereocenters. The molecule has 21 heavy (non-hydrogen) atoms. The molecule has 1 heterocycles. The molecular weight excluding hydrogens is 344 g/mol. The monoisotopic (exact) mass is 356 g/mol. The lowest BCUT2D eigenvalue weighted by molar-refractivity contribution is -0.152. The fourth-order valence-corrected chi connectivity index (χ4v) is 2.37. The van der Waals surface area contributed by atoms with Gasteiger partial charge in [-0.2, -0.15) is 0 Å². The second-order valence-corrected chi connectivity index (χ2v) is 5.00. The molecule has 0 bridgehead atoms. The van der Waals surface area contributed by atoms with Gasteiger partial charge < -0.3 is 19.3 Å². The Morgan fingerprint density at radius 3 is 2.76 bits per heavy atom. The Hall–Kier alpha value is -2.02. The lowest BCUT2D eigenvalue weighted by atomic mass is 10.0. The molecule has 0 amide bonds. The highest BCUT2D eigenvalue weighted by atomic mass is 79.9. The predicted molar refractivity (Wildman–Crippen MR) is 77.4 cm³/mol. The van der Waals surface area contributed by atoms with Gasteiger partial charge in [-0.25, -0.2) is 4.79 Å². The van der Waals surface area contributed by atoms with Gasteiger partial charge in [0, 0.05) is 6.07 Å². The minimum atomic E-state index is -1.02. The number of esters is 1. The standard InChI is InChI=1S/C14H13BrO6/c1-3-20-14(18)13(17)8-6-21-10-5-11(19-2)9(15)4-7(10)12(8)16/h4-5,16H,3,6H2,1-2H3. The van der Waals surface area contributed by atoms with Crippen molar-refractivity contribution in [3.05, 3.63) is 27.7 Å². The number of methoxy groups -OCH3 is 1. The summed E-state index contributed by atoms with van der Waals surface area (Å²) in [5.74, 6) is -1.32. The van der Waals surface area contributed by atoms with Gasteiger partial charge in [0.25, 0.3) is 5.78 Å². The SMILES string of the molecule is CCOC(=O)C(=O)C1=C(O)c2cc(Br)c(OC)cc2OC1. The van der Waals surface area contributed by atoms with E-state index in [9.17, 15) is 14.7 Å². The minimum Gasteiger partial charge on any atom is -0.507 e. The second-order valence-electron chi connectivity index (χ2n) is 4.15. The van der Waals surface area contributed by atoms with Gasteiger partial charge in [0.1, 0.15) is 23.9 Å². The predicted octanol–water partition coefficient (Wildman–Crippen LogP) is 2.25. The van der Waals surface area contributed by atoms with Crippen LogP contribution >= 0.6 is 15.9 Å². The number of ketones is 1. The zero-order chi connectivity index (χ0) is 15.6. The Balaban J connectivity index is 2.43. The third-order valence-electron chi connectivity index (χ3n) is 2.90. The molecule has 1 aromatic rings. The van der Waals surface area contributed by atoms with Crippen LogP contribution in [-0.4, -0.2) is 37.2 Å². The van der Waals surface area contributed by atoms with E-state index < -0.39 is 11.8 Å². The lowest BCUT2D eigenvalue weighted by Crippen LogP contribution is -2.26. The van der Waals surface area contributed by atoms with Crippen LogP contribution in [0.25, 0.3) is 5.76 Å². The molecule has 0 saturated carbocycles. The summed E-state index contributed by atoms with van der Waals surface area (Å²) < 4.78 is 15.8. The first-order valence-electron chi connectivity index (χ1n) is 6.13. The molecule has 7 heteroatoms. The lowest BCUT2D eigenvalue weighted by Gasteiger charge is -2.20. The van der Waals surface area contributed by atoms with E-state index in [1.165, 1.54) is 7.11 Å². The third-order valence-corrected chi connectivity index (χ3v) is 3.52. The van der Waals surface area contributed by atoms with Gasteiger partial charge in [0.15, 0.2) is 0 Å². The number of aliphatic hydroxyl groups is 1. The molecular formula is C14H13BrO6. The van der Waals surface area contributed by atoms with E-state index in [0.717, 1.165) is 0 Å². The van der Waals surface area contributed by atoms with Crippen LogP contribution in [0.2, 0.25) is 0 Å². The zero-order valence-corrected chi connectivity index (χ0v) is 13.0. The second kappa shape index (κ2) is 6.17. The van der Waals surface area contributed by atoms with Crippen LogP contribution in [0, 0.1) is 0 Å². The maximum absolute atomic E-state index is 11.9. The maximum Gasteiger partial charge on any atom is 0.379 e. The van der Waals surface area contributed by atoms with Crippen LogP contribution in [0.3, 0.4) is 0 Å². The van der Waals surface area contributed by atoms with E-state index in [0.29, 0.717) is 21.5 Å². The van der Waals surface area contributed by atoms with Crippen LogP contribution in [0.15, 0.2) is 22.2 Å². The minimum absolute atomic E-state index is 0.0821. The highest BCUT2D eigenvalue weighted by Crippen LogP contribution is 2.39. The summed E-state index contributed by atoms with van der Waals surface area (Å²) in [6, 6.07) is 3.14. The first-order valence-corrected chi connectivity index (χ1v) is 6.93. The summed E-state index contributed by atoms with van der Waals surface area (Å²) in [7, 11) is 1.50. The zero-order valence-electron chi connectivity index (χ0n) is 11.4. The van der Waals surface area contributed by atoms with Crippen LogP contribution in [0.4, 0.5) is 0 Å². The number of fused-ring (bicyclic) bond motifs is 1. The van der Waals surface area contributed by atoms with Crippen molar-refractivity contribution in [1.29, 1.82) is 0 Å². The molecule has 1 N–H and O–H groups in total. The highest BCUT2D eigenvalue weighted by molar-refractivity contribution is 9.10. The van der Waals surface area contributed by atoms with Crippen LogP contribution in [0.5, 0.6) is 11.5 Å². The van der Waals surface area contributed by atoms with Gasteiger partial charge in [0.2, 0.25) is 0 Å². The van der Waals surface area contributed by atoms with E-state index in [1.54, 1.807) is 19.1 Å². The van der Waals surface area contributed by atoms with E-state index in [-0.39, 0.29) is 24.5 Å². The Morgan fingerprint density at radius 2 is 2.14 bits per heavy atom. The number of ether oxygens (including phenoxy) is 3. The number of aliphatic hydroxyl groups excluding tert-OH is 1. The molecule has 0 radical (unpaired) electrons. The van der Waals surface area contributed by atoms with E-state index in [4.69, 9.17) is 9.47 Å². The smallest absolute Gasteiger partial charge is 0.379 e. The van der Waals surface area contributed by atoms with Gasteiger partial charge in [-0.05, 0) is 28.9 Å². The number of hydrogen-bond donors (Lipinski definition) is 1. The number of halogens is 1. The number of benzene rings is 1. The van der Waals surface area contributed by atoms with E-state index in [2.05, 4.69) is 20.7 Å². The van der Waals surface area contributed by atoms with Crippen LogP contribution in [0.1, 0.15) is 12.5 Å². The topological polar surface area (TPSA) is 82.1 Å². The van der Waals surface area contributed by atoms with Crippen molar-refractivity contribution in [1.82, 2.24) is 0 Å². The number of rotatable bonds is 4. The summed E-state index contributed by atoms with van der Waals surface area (Å²) in [6.07, 6.45) is 0. The van der Waals surface area contributed by atoms with Crippen molar-refractivity contribution in [3.63, 3.8) is 0 Å². The summed E-state index contributed by atoms with van der Waals surface area (Å²) in [5, 5.41) is 10.2. The Morgan fingerprint density at radius 1 is 1.43 bits per heavy atom. The molecule has 1 aliphatic rings. The summed E-state index contributed by atoms with van der Waals surface area (Å²) in [4.78, 5) is 23.4. The summed E-state index contributed by atoms with van der Waals surface area (Å²) in [5.41, 5.74) is 0.180. The van der Waals surface area contributed by atoms with Crippen molar-refractivity contribution in [2.45, 2.75) is 6.92 Å². The molecule has 0 aliphatic carbocycles. The van der Waals surface area contributed by atoms with Gasteiger partial charge in [-0.1, -0.05) is 0 Å². The molecule has 2 rings (SSSR count). The van der Waals surface area contributed by atoms with Gasteiger partial charge in [-0.15, -0.1) is 0 Å². The van der Waals surface area contributed by atoms with Crippen molar-refractivity contribution in [3.8, 4) is 11.5 Å². The quantitative estimate of drug-likeness (QED) is 0.658. The first kappa shape index (κ1) is 15.4. The Labute approximate surface area is 129 Å². The van der Waals surface area contributed by atoms with Crippen LogP contribution < -0.4 is 9.47 Å². The fourth-order valence-electron chi connectivity index (χ4n) is 1.87. The number of carbonyl (C=O) groups is 2. The van der Waals surface area contributed by atoms with Gasteiger partial charge in [0.05, 0.1) is 29.3 Å². The fraction of sp³-hybridized carbons (Fsp3) is 0.286. The molecule has 0 aromatic heterocycles. The molecule has 1 aliphatic heterocycles. The number of carbonyl (C=O) groups excluding carboxylic acids is 2. The molecule has 0 atom stereocenters. The Bertz CT molecular complexity index is 635. The molecule has 0 saturated heterocycles. The normalized spacial score (nSPS) is 13.3. The van der Waals surface area contributed by atoms with Crippen molar-refractivity contribution >= 4 is 33.4 Å². The molecule has 112 valence electrons. The highest BCUT2D eigenvalue weighted by Gasteiger charge is 2.30. The van der Waals surface area contributed by atoms with Gasteiger partial charge >= 0.3 is 5.97 Å². The molecule has 0 spiro atoms. The van der Waals surface area contributed by atoms with E-state index in [1.807, 2.05) is 0 Å². The summed E-state index contributed by atoms with van der Waals surface area (Å²) in [6.45, 7) is 1.47. The average Bonchev–Trinajstić information content (AvgIpc) is 2.47.